The van der Waals surface area contributed by atoms with E-state index in [2.05, 4.69) is 9.84 Å². The molecule has 0 N–H and O–H groups in total. The second-order valence-electron chi connectivity index (χ2n) is 6.72. The average Bonchev–Trinajstić information content (AvgIpc) is 2.99. The first-order valence-corrected chi connectivity index (χ1v) is 8.55. The lowest BCUT2D eigenvalue weighted by molar-refractivity contribution is -0.385. The maximum absolute atomic E-state index is 13.0. The predicted molar refractivity (Wildman–Crippen MR) is 100 cm³/mol. The summed E-state index contributed by atoms with van der Waals surface area (Å²) in [5, 5.41) is 15.1. The van der Waals surface area contributed by atoms with Crippen LogP contribution in [0, 0.1) is 17.0 Å². The van der Waals surface area contributed by atoms with Crippen LogP contribution < -0.4 is 4.74 Å². The van der Waals surface area contributed by atoms with E-state index in [1.54, 1.807) is 20.8 Å². The van der Waals surface area contributed by atoms with Gasteiger partial charge in [0.15, 0.2) is 5.78 Å². The Morgan fingerprint density at radius 2 is 1.77 bits per heavy atom. The minimum Gasteiger partial charge on any atom is -0.400 e. The number of ether oxygens (including phenoxy) is 1. The summed E-state index contributed by atoms with van der Waals surface area (Å²) < 4.78 is 42.9. The smallest absolute Gasteiger partial charge is 0.400 e. The number of benzene rings is 1. The van der Waals surface area contributed by atoms with Crippen LogP contribution in [-0.4, -0.2) is 32.6 Å². The van der Waals surface area contributed by atoms with Crippen molar-refractivity contribution >= 4 is 23.0 Å². The number of hydrogen-bond donors (Lipinski definition) is 0. The molecule has 0 saturated carbocycles. The van der Waals surface area contributed by atoms with Gasteiger partial charge in [-0.2, -0.15) is 18.3 Å². The summed E-state index contributed by atoms with van der Waals surface area (Å²) in [6.45, 7) is 6.67. The van der Waals surface area contributed by atoms with Gasteiger partial charge in [0.05, 0.1) is 16.7 Å². The van der Waals surface area contributed by atoms with E-state index in [9.17, 15) is 32.9 Å². The highest BCUT2D eigenvalue weighted by Crippen LogP contribution is 2.34. The number of carbonyl (C=O) groups is 2. The van der Waals surface area contributed by atoms with E-state index < -0.39 is 28.7 Å². The van der Waals surface area contributed by atoms with Gasteiger partial charge < -0.3 is 4.74 Å². The van der Waals surface area contributed by atoms with Gasteiger partial charge >= 0.3 is 12.1 Å². The molecule has 0 fully saturated rings. The summed E-state index contributed by atoms with van der Waals surface area (Å²) in [6, 6.07) is 2.36. The molecule has 0 aliphatic carbocycles. The number of allylic oxidation sites excluding steroid dienone is 2. The molecule has 1 aromatic carbocycles. The van der Waals surface area contributed by atoms with Gasteiger partial charge in [0.1, 0.15) is 5.56 Å². The topological polar surface area (TPSA) is 104 Å². The Bertz CT molecular complexity index is 1080. The molecule has 0 unspecified atom stereocenters. The molecule has 0 radical (unpaired) electrons. The van der Waals surface area contributed by atoms with Crippen molar-refractivity contribution in [3.63, 3.8) is 0 Å². The van der Waals surface area contributed by atoms with E-state index in [0.717, 1.165) is 22.5 Å². The first-order valence-electron chi connectivity index (χ1n) is 8.55. The van der Waals surface area contributed by atoms with Gasteiger partial charge in [-0.05, 0) is 44.9 Å². The standard InChI is InChI=1S/C19H18F3N3O5/c1-9(2)10(3)15-11(4)12(6-7-14(15)25(28)29)16(26)13-8-23-24(5)17(13)30-18(27)19(20,21)22/h6-8H,1-5H3. The molecule has 1 heterocycles. The molecule has 1 aromatic heterocycles. The average molecular weight is 425 g/mol. The first kappa shape index (κ1) is 22.8. The molecule has 0 aliphatic heterocycles. The van der Waals surface area contributed by atoms with E-state index in [1.165, 1.54) is 20.0 Å². The fourth-order valence-electron chi connectivity index (χ4n) is 2.81. The number of nitrogens with zero attached hydrogens (tertiary/aromatic N) is 3. The molecule has 0 bridgehead atoms. The molecule has 160 valence electrons. The Kier molecular flexibility index (Phi) is 6.14. The summed E-state index contributed by atoms with van der Waals surface area (Å²) in [7, 11) is 1.21. The third-order valence-corrected chi connectivity index (χ3v) is 4.56. The van der Waals surface area contributed by atoms with E-state index in [1.807, 2.05) is 0 Å². The Morgan fingerprint density at radius 1 is 1.17 bits per heavy atom. The maximum atomic E-state index is 13.0. The highest BCUT2D eigenvalue weighted by atomic mass is 19.4. The zero-order valence-corrected chi connectivity index (χ0v) is 16.7. The third-order valence-electron chi connectivity index (χ3n) is 4.56. The molecule has 0 amide bonds. The Morgan fingerprint density at radius 3 is 2.27 bits per heavy atom. The Hall–Kier alpha value is -3.50. The van der Waals surface area contributed by atoms with Crippen molar-refractivity contribution in [1.29, 1.82) is 0 Å². The number of carbonyl (C=O) groups excluding carboxylic acids is 2. The molecule has 2 aromatic rings. The summed E-state index contributed by atoms with van der Waals surface area (Å²) >= 11 is 0. The molecule has 2 rings (SSSR count). The van der Waals surface area contributed by atoms with Crippen LogP contribution in [0.25, 0.3) is 5.57 Å². The molecule has 0 spiro atoms. The van der Waals surface area contributed by atoms with Crippen molar-refractivity contribution in [2.75, 3.05) is 0 Å². The van der Waals surface area contributed by atoms with Gasteiger partial charge in [0.2, 0.25) is 5.88 Å². The lowest BCUT2D eigenvalue weighted by atomic mass is 9.90. The number of ketones is 1. The molecule has 8 nitrogen and oxygen atoms in total. The first-order chi connectivity index (χ1) is 13.8. The summed E-state index contributed by atoms with van der Waals surface area (Å²) in [6.07, 6.45) is -4.29. The Balaban J connectivity index is 2.64. The van der Waals surface area contributed by atoms with Gasteiger partial charge in [-0.25, -0.2) is 9.48 Å². The van der Waals surface area contributed by atoms with Gasteiger partial charge in [0, 0.05) is 18.7 Å². The molecule has 0 saturated heterocycles. The normalized spacial score (nSPS) is 11.2. The van der Waals surface area contributed by atoms with E-state index in [0.29, 0.717) is 5.57 Å². The van der Waals surface area contributed by atoms with Crippen molar-refractivity contribution in [3.05, 3.63) is 56.3 Å². The van der Waals surface area contributed by atoms with Crippen molar-refractivity contribution in [2.24, 2.45) is 7.05 Å². The van der Waals surface area contributed by atoms with E-state index in [-0.39, 0.29) is 27.9 Å². The number of nitro groups is 1. The van der Waals surface area contributed by atoms with Gasteiger partial charge in [-0.3, -0.25) is 14.9 Å². The lowest BCUT2D eigenvalue weighted by Crippen LogP contribution is -2.29. The van der Waals surface area contributed by atoms with Crippen LogP contribution in [0.15, 0.2) is 23.9 Å². The number of alkyl halides is 3. The fraction of sp³-hybridized carbons (Fsp3) is 0.316. The Labute approximate surface area is 169 Å². The number of nitro benzene ring substituents is 1. The highest BCUT2D eigenvalue weighted by molar-refractivity contribution is 6.12. The summed E-state index contributed by atoms with van der Waals surface area (Å²) in [5.41, 5.74) is 1.29. The van der Waals surface area contributed by atoms with Crippen molar-refractivity contribution in [3.8, 4) is 5.88 Å². The maximum Gasteiger partial charge on any atom is 0.491 e. The van der Waals surface area contributed by atoms with Crippen LogP contribution >= 0.6 is 0 Å². The summed E-state index contributed by atoms with van der Waals surface area (Å²) in [5.74, 6) is -3.97. The highest BCUT2D eigenvalue weighted by Gasteiger charge is 2.42. The van der Waals surface area contributed by atoms with Gasteiger partial charge in [0.25, 0.3) is 5.69 Å². The van der Waals surface area contributed by atoms with Crippen LogP contribution in [-0.2, 0) is 11.8 Å². The third kappa shape index (κ3) is 4.24. The van der Waals surface area contributed by atoms with Crippen molar-refractivity contribution < 1.29 is 32.4 Å². The second kappa shape index (κ2) is 8.09. The number of rotatable bonds is 5. The van der Waals surface area contributed by atoms with E-state index >= 15 is 0 Å². The predicted octanol–water partition coefficient (Wildman–Crippen LogP) is 4.15. The number of aromatic nitrogens is 2. The largest absolute Gasteiger partial charge is 0.491 e. The minimum atomic E-state index is -5.26. The molecule has 11 heteroatoms. The second-order valence-corrected chi connectivity index (χ2v) is 6.72. The fourth-order valence-corrected chi connectivity index (χ4v) is 2.81. The lowest BCUT2D eigenvalue weighted by Gasteiger charge is -2.14. The molecule has 0 aliphatic rings. The van der Waals surface area contributed by atoms with Crippen LogP contribution in [0.3, 0.4) is 0 Å². The SMILES string of the molecule is CC(C)=C(C)c1c([N+](=O)[O-])ccc(C(=O)c2cnn(C)c2OC(=O)C(F)(F)F)c1C. The molecular formula is C19H18F3N3O5. The van der Waals surface area contributed by atoms with E-state index in [4.69, 9.17) is 0 Å². The zero-order valence-electron chi connectivity index (χ0n) is 16.7. The van der Waals surface area contributed by atoms with Crippen LogP contribution in [0.5, 0.6) is 5.88 Å². The zero-order chi connectivity index (χ0) is 23.0. The van der Waals surface area contributed by atoms with Crippen LogP contribution in [0.1, 0.15) is 47.8 Å². The van der Waals surface area contributed by atoms with Crippen molar-refractivity contribution in [2.45, 2.75) is 33.9 Å². The quantitative estimate of drug-likeness (QED) is 0.309. The van der Waals surface area contributed by atoms with Crippen molar-refractivity contribution in [1.82, 2.24) is 9.78 Å². The number of halogens is 3. The molecular weight excluding hydrogens is 407 g/mol. The molecule has 0 atom stereocenters. The number of esters is 1. The van der Waals surface area contributed by atoms with Gasteiger partial charge in [-0.15, -0.1) is 0 Å². The number of aryl methyl sites for hydroxylation is 1. The minimum absolute atomic E-state index is 0.00788. The summed E-state index contributed by atoms with van der Waals surface area (Å²) in [4.78, 5) is 35.1. The van der Waals surface area contributed by atoms with Crippen LogP contribution in [0.2, 0.25) is 0 Å². The number of hydrogen-bond acceptors (Lipinski definition) is 6. The van der Waals surface area contributed by atoms with Crippen LogP contribution in [0.4, 0.5) is 18.9 Å². The monoisotopic (exact) mass is 425 g/mol. The molecule has 30 heavy (non-hydrogen) atoms. The van der Waals surface area contributed by atoms with Gasteiger partial charge in [-0.1, -0.05) is 5.57 Å².